The molecule has 1 atom stereocenters. The van der Waals surface area contributed by atoms with Crippen LogP contribution < -0.4 is 0 Å². The van der Waals surface area contributed by atoms with Crippen LogP contribution in [-0.4, -0.2) is 77.8 Å². The number of aromatic amines is 1. The number of pyridine rings is 1. The van der Waals surface area contributed by atoms with Gasteiger partial charge in [0.25, 0.3) is 6.47 Å². The maximum absolute atomic E-state index is 12.5. The van der Waals surface area contributed by atoms with Crippen molar-refractivity contribution in [3.05, 3.63) is 36.2 Å². The number of carboxylic acid groups (broad SMARTS) is 1. The Hall–Kier alpha value is -3.74. The van der Waals surface area contributed by atoms with Gasteiger partial charge in [0.05, 0.1) is 13.2 Å². The number of hydrogen-bond acceptors (Lipinski definition) is 10. The topological polar surface area (TPSA) is 173 Å². The van der Waals surface area contributed by atoms with Crippen LogP contribution in [0.15, 0.2) is 29.0 Å². The molecule has 13 heteroatoms. The van der Waals surface area contributed by atoms with Crippen LogP contribution in [0, 0.1) is 0 Å². The summed E-state index contributed by atoms with van der Waals surface area (Å²) in [6.45, 7) is 1.10. The van der Waals surface area contributed by atoms with Gasteiger partial charge in [0.15, 0.2) is 0 Å². The van der Waals surface area contributed by atoms with Crippen LogP contribution in [0.2, 0.25) is 0 Å². The molecule has 1 amide bonds. The maximum Gasteiger partial charge on any atom is 0.290 e. The minimum Gasteiger partial charge on any atom is -0.483 e. The number of carbonyl (C=O) groups excluding carboxylic acids is 1. The van der Waals surface area contributed by atoms with Gasteiger partial charge in [0.1, 0.15) is 6.10 Å². The molecule has 2 N–H and O–H groups in total. The summed E-state index contributed by atoms with van der Waals surface area (Å²) >= 11 is 0. The number of aromatic nitrogens is 7. The van der Waals surface area contributed by atoms with Crippen molar-refractivity contribution >= 4 is 12.4 Å². The first-order valence-electron chi connectivity index (χ1n) is 8.64. The molecule has 1 fully saturated rings. The first-order chi connectivity index (χ1) is 14.2. The Morgan fingerprint density at radius 1 is 1.38 bits per heavy atom. The quantitative estimate of drug-likeness (QED) is 0.544. The summed E-state index contributed by atoms with van der Waals surface area (Å²) in [6.07, 6.45) is 3.60. The van der Waals surface area contributed by atoms with E-state index in [9.17, 15) is 4.79 Å². The monoisotopic (exact) mass is 402 g/mol. The lowest BCUT2D eigenvalue weighted by Crippen LogP contribution is -2.42. The SMILES string of the molecule is O=C(CCc1nc(-c2ccncc2)no1)N1CCOC(c2nn[nH]n2)C1.O=CO. The zero-order chi connectivity index (χ0) is 20.5. The van der Waals surface area contributed by atoms with E-state index in [1.54, 1.807) is 29.4 Å². The van der Waals surface area contributed by atoms with Gasteiger partial charge < -0.3 is 19.3 Å². The first kappa shape index (κ1) is 20.0. The summed E-state index contributed by atoms with van der Waals surface area (Å²) in [5.41, 5.74) is 0.817. The number of nitrogens with one attached hydrogen (secondary N) is 1. The molecular formula is C16H18N8O5. The highest BCUT2D eigenvalue weighted by Gasteiger charge is 2.28. The van der Waals surface area contributed by atoms with Crippen molar-refractivity contribution in [2.75, 3.05) is 19.7 Å². The van der Waals surface area contributed by atoms with E-state index in [4.69, 9.17) is 19.2 Å². The molecule has 3 aromatic heterocycles. The lowest BCUT2D eigenvalue weighted by molar-refractivity contribution is -0.139. The number of rotatable bonds is 5. The number of aryl methyl sites for hydroxylation is 1. The average molecular weight is 402 g/mol. The number of nitrogens with zero attached hydrogens (tertiary/aromatic N) is 7. The minimum atomic E-state index is -0.367. The second-order valence-corrected chi connectivity index (χ2v) is 5.82. The summed E-state index contributed by atoms with van der Waals surface area (Å²) in [7, 11) is 0. The molecule has 0 aromatic carbocycles. The molecule has 0 radical (unpaired) electrons. The number of amides is 1. The number of ether oxygens (including phenoxy) is 1. The highest BCUT2D eigenvalue weighted by molar-refractivity contribution is 5.76. The van der Waals surface area contributed by atoms with Gasteiger partial charge in [-0.3, -0.25) is 14.6 Å². The first-order valence-corrected chi connectivity index (χ1v) is 8.64. The Balaban J connectivity index is 0.000000755. The van der Waals surface area contributed by atoms with Crippen molar-refractivity contribution in [2.45, 2.75) is 18.9 Å². The number of tetrazole rings is 1. The van der Waals surface area contributed by atoms with Crippen LogP contribution in [0.5, 0.6) is 0 Å². The van der Waals surface area contributed by atoms with Gasteiger partial charge in [0.2, 0.25) is 23.4 Å². The predicted octanol–water partition coefficient (Wildman–Crippen LogP) is -0.122. The molecule has 29 heavy (non-hydrogen) atoms. The zero-order valence-electron chi connectivity index (χ0n) is 15.2. The predicted molar refractivity (Wildman–Crippen MR) is 94.0 cm³/mol. The molecule has 1 aliphatic rings. The largest absolute Gasteiger partial charge is 0.483 e. The van der Waals surface area contributed by atoms with Crippen molar-refractivity contribution in [3.63, 3.8) is 0 Å². The Morgan fingerprint density at radius 2 is 2.17 bits per heavy atom. The van der Waals surface area contributed by atoms with Crippen molar-refractivity contribution < 1.29 is 24.0 Å². The fourth-order valence-corrected chi connectivity index (χ4v) is 2.68. The van der Waals surface area contributed by atoms with E-state index >= 15 is 0 Å². The number of hydrogen-bond donors (Lipinski definition) is 2. The van der Waals surface area contributed by atoms with Crippen LogP contribution in [0.3, 0.4) is 0 Å². The van der Waals surface area contributed by atoms with Crippen molar-refractivity contribution in [1.82, 2.24) is 40.6 Å². The normalized spacial score (nSPS) is 16.0. The Kier molecular flexibility index (Phi) is 6.89. The zero-order valence-corrected chi connectivity index (χ0v) is 15.2. The third-order valence-electron chi connectivity index (χ3n) is 4.03. The van der Waals surface area contributed by atoms with Crippen molar-refractivity contribution in [1.29, 1.82) is 0 Å². The minimum absolute atomic E-state index is 0.00884. The summed E-state index contributed by atoms with van der Waals surface area (Å²) in [4.78, 5) is 30.8. The van der Waals surface area contributed by atoms with E-state index in [1.165, 1.54) is 0 Å². The van der Waals surface area contributed by atoms with Crippen LogP contribution >= 0.6 is 0 Å². The molecular weight excluding hydrogens is 384 g/mol. The lowest BCUT2D eigenvalue weighted by Gasteiger charge is -2.31. The number of H-pyrrole nitrogens is 1. The van der Waals surface area contributed by atoms with Crippen LogP contribution in [0.4, 0.5) is 0 Å². The van der Waals surface area contributed by atoms with Crippen molar-refractivity contribution in [2.24, 2.45) is 0 Å². The Morgan fingerprint density at radius 3 is 2.90 bits per heavy atom. The maximum atomic E-state index is 12.5. The summed E-state index contributed by atoms with van der Waals surface area (Å²) in [5, 5.41) is 24.6. The number of carbonyl (C=O) groups is 2. The van der Waals surface area contributed by atoms with E-state index < -0.39 is 0 Å². The van der Waals surface area contributed by atoms with Gasteiger partial charge in [-0.05, 0) is 12.1 Å². The van der Waals surface area contributed by atoms with E-state index in [0.29, 0.717) is 43.7 Å². The Bertz CT molecular complexity index is 901. The molecule has 1 aliphatic heterocycles. The molecule has 1 saturated heterocycles. The molecule has 152 valence electrons. The molecule has 1 unspecified atom stereocenters. The molecule has 0 bridgehead atoms. The van der Waals surface area contributed by atoms with Gasteiger partial charge in [-0.15, -0.1) is 10.2 Å². The van der Waals surface area contributed by atoms with Gasteiger partial charge in [-0.1, -0.05) is 10.4 Å². The van der Waals surface area contributed by atoms with Crippen LogP contribution in [0.1, 0.15) is 24.2 Å². The summed E-state index contributed by atoms with van der Waals surface area (Å²) in [6, 6.07) is 3.59. The number of morpholine rings is 1. The standard InChI is InChI=1S/C15H16N8O3.CH2O2/c24-13(23-7-8-25-11(9-23)15-18-21-22-19-15)2-1-12-17-14(20-26-12)10-3-5-16-6-4-10;2-1-3/h3-6,11H,1-2,7-9H2,(H,18,19,21,22);1H,(H,2,3). The highest BCUT2D eigenvalue weighted by atomic mass is 16.5. The van der Waals surface area contributed by atoms with Gasteiger partial charge >= 0.3 is 0 Å². The highest BCUT2D eigenvalue weighted by Crippen LogP contribution is 2.19. The molecule has 4 rings (SSSR count). The lowest BCUT2D eigenvalue weighted by atomic mass is 10.2. The average Bonchev–Trinajstić information content (AvgIpc) is 3.46. The summed E-state index contributed by atoms with van der Waals surface area (Å²) in [5.74, 6) is 1.35. The smallest absolute Gasteiger partial charge is 0.290 e. The van der Waals surface area contributed by atoms with Crippen LogP contribution in [0.25, 0.3) is 11.4 Å². The van der Waals surface area contributed by atoms with Gasteiger partial charge in [-0.2, -0.15) is 10.2 Å². The molecule has 4 heterocycles. The second kappa shape index (κ2) is 9.98. The summed E-state index contributed by atoms with van der Waals surface area (Å²) < 4.78 is 10.8. The third kappa shape index (κ3) is 5.38. The molecule has 0 saturated carbocycles. The Labute approximate surface area is 164 Å². The molecule has 3 aromatic rings. The van der Waals surface area contributed by atoms with E-state index in [2.05, 4.69) is 35.7 Å². The molecule has 13 nitrogen and oxygen atoms in total. The van der Waals surface area contributed by atoms with E-state index in [1.807, 2.05) is 0 Å². The van der Waals surface area contributed by atoms with Gasteiger partial charge in [0, 0.05) is 37.3 Å². The van der Waals surface area contributed by atoms with E-state index in [-0.39, 0.29) is 24.9 Å². The van der Waals surface area contributed by atoms with Crippen molar-refractivity contribution in [3.8, 4) is 11.4 Å². The third-order valence-corrected chi connectivity index (χ3v) is 4.03. The molecule has 0 aliphatic carbocycles. The fourth-order valence-electron chi connectivity index (χ4n) is 2.68. The van der Waals surface area contributed by atoms with Gasteiger partial charge in [-0.25, -0.2) is 0 Å². The molecule has 0 spiro atoms. The fraction of sp³-hybridized carbons (Fsp3) is 0.375. The van der Waals surface area contributed by atoms with E-state index in [0.717, 1.165) is 5.56 Å². The second-order valence-electron chi connectivity index (χ2n) is 5.82. The van der Waals surface area contributed by atoms with Crippen LogP contribution in [-0.2, 0) is 20.7 Å².